The van der Waals surface area contributed by atoms with E-state index < -0.39 is 0 Å². The summed E-state index contributed by atoms with van der Waals surface area (Å²) in [6.45, 7) is 10.9. The van der Waals surface area contributed by atoms with Gasteiger partial charge in [-0.1, -0.05) is 66.7 Å². The Morgan fingerprint density at radius 1 is 1.09 bits per heavy atom. The first kappa shape index (κ1) is 13.6. The summed E-state index contributed by atoms with van der Waals surface area (Å²) < 4.78 is 0. The van der Waals surface area contributed by atoms with Crippen molar-refractivity contribution in [2.24, 2.45) is 5.92 Å². The van der Waals surface area contributed by atoms with E-state index in [1.807, 2.05) is 13.8 Å². The van der Waals surface area contributed by atoms with Crippen molar-refractivity contribution in [2.75, 3.05) is 0 Å². The first-order valence-electron chi connectivity index (χ1n) is 5.31. The Balaban J connectivity index is -0.000000249. The Morgan fingerprint density at radius 3 is 2.00 bits per heavy atom. The predicted molar refractivity (Wildman–Crippen MR) is 57.1 cm³/mol. The van der Waals surface area contributed by atoms with Gasteiger partial charge in [-0.3, -0.25) is 0 Å². The minimum atomic E-state index is 0. The van der Waals surface area contributed by atoms with Crippen molar-refractivity contribution in [1.82, 2.24) is 0 Å². The molecule has 0 fully saturated rings. The van der Waals surface area contributed by atoms with Gasteiger partial charge in [0.2, 0.25) is 0 Å². The van der Waals surface area contributed by atoms with Gasteiger partial charge in [0.05, 0.1) is 0 Å². The summed E-state index contributed by atoms with van der Waals surface area (Å²) in [4.78, 5) is 0. The van der Waals surface area contributed by atoms with E-state index in [9.17, 15) is 0 Å². The normalized spacial score (nSPS) is 11.7. The fourth-order valence-corrected chi connectivity index (χ4v) is 0.947. The molecular formula is C11H28. The molecule has 0 N–H and O–H groups in total. The molecule has 0 spiro atoms. The van der Waals surface area contributed by atoms with Gasteiger partial charge in [0.15, 0.2) is 0 Å². The highest BCUT2D eigenvalue weighted by Gasteiger charge is 1.95. The fourth-order valence-electron chi connectivity index (χ4n) is 0.947. The third-order valence-corrected chi connectivity index (χ3v) is 2.00. The van der Waals surface area contributed by atoms with Crippen LogP contribution in [-0.2, 0) is 0 Å². The Bertz CT molecular complexity index is 53.0. The molecule has 0 aliphatic rings. The van der Waals surface area contributed by atoms with Crippen LogP contribution in [0.1, 0.15) is 68.1 Å². The van der Waals surface area contributed by atoms with Gasteiger partial charge >= 0.3 is 0 Å². The number of hydrogen-bond donors (Lipinski definition) is 0. The summed E-state index contributed by atoms with van der Waals surface area (Å²) >= 11 is 0. The molecule has 0 aliphatic carbocycles. The Morgan fingerprint density at radius 2 is 1.64 bits per heavy atom. The molecule has 0 unspecified atom stereocenters. The lowest BCUT2D eigenvalue weighted by molar-refractivity contribution is 0.482. The summed E-state index contributed by atoms with van der Waals surface area (Å²) in [5.41, 5.74) is 0. The van der Waals surface area contributed by atoms with Gasteiger partial charge in [-0.25, -0.2) is 0 Å². The highest BCUT2D eigenvalue weighted by Crippen LogP contribution is 2.11. The van der Waals surface area contributed by atoms with Crippen molar-refractivity contribution in [3.63, 3.8) is 0 Å². The largest absolute Gasteiger partial charge is 0.0683 e. The first-order valence-corrected chi connectivity index (χ1v) is 5.31. The molecule has 0 amide bonds. The molecule has 0 aromatic heterocycles. The van der Waals surface area contributed by atoms with Gasteiger partial charge in [0, 0.05) is 1.43 Å². The van der Waals surface area contributed by atoms with Crippen molar-refractivity contribution in [1.29, 1.82) is 0 Å². The average molecular weight is 160 g/mol. The molecule has 0 bridgehead atoms. The van der Waals surface area contributed by atoms with Crippen LogP contribution in [0.15, 0.2) is 0 Å². The predicted octanol–water partition coefficient (Wildman–Crippen LogP) is 4.89. The molecule has 0 aliphatic heterocycles. The minimum absolute atomic E-state index is 0. The molecule has 0 saturated carbocycles. The quantitative estimate of drug-likeness (QED) is 0.503. The molecule has 0 saturated heterocycles. The van der Waals surface area contributed by atoms with E-state index in [0.29, 0.717) is 0 Å². The summed E-state index contributed by atoms with van der Waals surface area (Å²) in [7, 11) is 0. The van der Waals surface area contributed by atoms with Gasteiger partial charge in [0.25, 0.3) is 0 Å². The zero-order chi connectivity index (χ0) is 9.11. The number of unbranched alkanes of at least 4 members (excludes halogenated alkanes) is 2. The summed E-state index contributed by atoms with van der Waals surface area (Å²) in [6, 6.07) is 0. The Kier molecular flexibility index (Phi) is 15.6. The monoisotopic (exact) mass is 160 g/mol. The Labute approximate surface area is 74.9 Å². The van der Waals surface area contributed by atoms with E-state index in [0.717, 1.165) is 5.92 Å². The maximum atomic E-state index is 2.34. The lowest BCUT2D eigenvalue weighted by atomic mass is 10.0. The van der Waals surface area contributed by atoms with E-state index in [1.54, 1.807) is 0 Å². The maximum Gasteiger partial charge on any atom is 0 e. The highest BCUT2D eigenvalue weighted by atomic mass is 14.0. The zero-order valence-electron chi connectivity index (χ0n) is 9.11. The minimum Gasteiger partial charge on any atom is -0.0683 e. The molecule has 72 valence electrons. The third-order valence-electron chi connectivity index (χ3n) is 2.00. The van der Waals surface area contributed by atoms with Crippen LogP contribution in [0.2, 0.25) is 0 Å². The molecular weight excluding hydrogens is 132 g/mol. The van der Waals surface area contributed by atoms with Crippen LogP contribution in [-0.4, -0.2) is 0 Å². The van der Waals surface area contributed by atoms with Crippen molar-refractivity contribution in [2.45, 2.75) is 66.7 Å². The molecule has 0 aromatic carbocycles. The molecule has 11 heavy (non-hydrogen) atoms. The van der Waals surface area contributed by atoms with Crippen LogP contribution in [0.25, 0.3) is 0 Å². The first-order chi connectivity index (χ1) is 5.31. The number of rotatable bonds is 5. The van der Waals surface area contributed by atoms with E-state index in [2.05, 4.69) is 20.8 Å². The third kappa shape index (κ3) is 13.1. The maximum absolute atomic E-state index is 2.34. The summed E-state index contributed by atoms with van der Waals surface area (Å²) in [5, 5.41) is 0. The van der Waals surface area contributed by atoms with Crippen LogP contribution in [0, 0.1) is 5.92 Å². The fraction of sp³-hybridized carbons (Fsp3) is 1.00. The molecule has 0 aromatic rings. The second-order valence-corrected chi connectivity index (χ2v) is 3.01. The molecule has 0 rings (SSSR count). The zero-order valence-corrected chi connectivity index (χ0v) is 9.11. The van der Waals surface area contributed by atoms with Gasteiger partial charge < -0.3 is 0 Å². The average Bonchev–Trinajstić information content (AvgIpc) is 2.08. The van der Waals surface area contributed by atoms with E-state index in [4.69, 9.17) is 0 Å². The number of hydrogen-bond acceptors (Lipinski definition) is 0. The highest BCUT2D eigenvalue weighted by molar-refractivity contribution is 4.49. The van der Waals surface area contributed by atoms with Gasteiger partial charge in [-0.05, 0) is 5.92 Å². The second kappa shape index (κ2) is 12.7. The lowest BCUT2D eigenvalue weighted by Crippen LogP contribution is -1.90. The Hall–Kier alpha value is 0. The van der Waals surface area contributed by atoms with E-state index in [-0.39, 0.29) is 1.43 Å². The molecule has 0 radical (unpaired) electrons. The van der Waals surface area contributed by atoms with E-state index in [1.165, 1.54) is 32.1 Å². The SMILES string of the molecule is CC.CCCCC[C@@H](C)CC.[HH]. The van der Waals surface area contributed by atoms with Crippen molar-refractivity contribution < 1.29 is 1.43 Å². The van der Waals surface area contributed by atoms with Gasteiger partial charge in [-0.15, -0.1) is 0 Å². The van der Waals surface area contributed by atoms with Gasteiger partial charge in [0.1, 0.15) is 0 Å². The van der Waals surface area contributed by atoms with Crippen LogP contribution in [0.3, 0.4) is 0 Å². The van der Waals surface area contributed by atoms with Crippen LogP contribution in [0.4, 0.5) is 0 Å². The second-order valence-electron chi connectivity index (χ2n) is 3.01. The molecule has 0 heteroatoms. The molecule has 0 nitrogen and oxygen atoms in total. The smallest absolute Gasteiger partial charge is 0 e. The van der Waals surface area contributed by atoms with Crippen LogP contribution in [0.5, 0.6) is 0 Å². The topological polar surface area (TPSA) is 0 Å². The summed E-state index contributed by atoms with van der Waals surface area (Å²) in [6.07, 6.45) is 7.00. The van der Waals surface area contributed by atoms with Crippen molar-refractivity contribution >= 4 is 0 Å². The van der Waals surface area contributed by atoms with Gasteiger partial charge in [-0.2, -0.15) is 0 Å². The van der Waals surface area contributed by atoms with Crippen LogP contribution < -0.4 is 0 Å². The van der Waals surface area contributed by atoms with Crippen molar-refractivity contribution in [3.05, 3.63) is 0 Å². The lowest BCUT2D eigenvalue weighted by Gasteiger charge is -2.05. The van der Waals surface area contributed by atoms with Crippen LogP contribution >= 0.6 is 0 Å². The molecule has 0 heterocycles. The van der Waals surface area contributed by atoms with Crippen molar-refractivity contribution in [3.8, 4) is 0 Å². The standard InChI is InChI=1S/C9H20.C2H6.H2/c1-4-6-7-8-9(3)5-2;1-2;/h9H,4-8H2,1-3H3;1-2H3;1H/t9-;;/m0../s1. The van der Waals surface area contributed by atoms with E-state index >= 15 is 0 Å². The molecule has 1 atom stereocenters. The summed E-state index contributed by atoms with van der Waals surface area (Å²) in [5.74, 6) is 0.955.